The number of nitrogens with one attached hydrogen (secondary N) is 2. The van der Waals surface area contributed by atoms with Crippen LogP contribution in [0.15, 0.2) is 54.6 Å². The van der Waals surface area contributed by atoms with Crippen LogP contribution in [-0.4, -0.2) is 49.7 Å². The molecule has 28 heavy (non-hydrogen) atoms. The molecule has 0 radical (unpaired) electrons. The van der Waals surface area contributed by atoms with Gasteiger partial charge in [-0.05, 0) is 24.5 Å². The molecule has 0 bridgehead atoms. The molecule has 1 aliphatic rings. The Kier molecular flexibility index (Phi) is 7.03. The van der Waals surface area contributed by atoms with Crippen LogP contribution in [0.2, 0.25) is 0 Å². The molecule has 2 N–H and O–H groups in total. The highest BCUT2D eigenvalue weighted by atomic mass is 16.6. The molecule has 1 fully saturated rings. The molecule has 6 nitrogen and oxygen atoms in total. The Balaban J connectivity index is 1.50. The number of carbonyl (C=O) groups is 2. The van der Waals surface area contributed by atoms with E-state index < -0.39 is 6.09 Å². The van der Waals surface area contributed by atoms with Crippen molar-refractivity contribution in [3.63, 3.8) is 0 Å². The summed E-state index contributed by atoms with van der Waals surface area (Å²) < 4.78 is 5.63. The molecule has 1 saturated heterocycles. The maximum Gasteiger partial charge on any atom is 0.411 e. The van der Waals surface area contributed by atoms with Crippen LogP contribution in [0.3, 0.4) is 0 Å². The minimum atomic E-state index is -0.424. The minimum Gasteiger partial charge on any atom is -0.446 e. The standard InChI is InChI=1S/C22H27N3O3/c1-23-21(26)13-16-25-14-11-18(12-15-25)28-22(27)24-20-10-6-5-9-19(20)17-7-3-2-4-8-17/h2-10,18H,11-16H2,1H3,(H,23,26)(H,24,27). The molecular formula is C22H27N3O3. The van der Waals surface area contributed by atoms with Crippen LogP contribution >= 0.6 is 0 Å². The molecule has 2 amide bonds. The lowest BCUT2D eigenvalue weighted by molar-refractivity contribution is -0.121. The summed E-state index contributed by atoms with van der Waals surface area (Å²) in [4.78, 5) is 26.0. The summed E-state index contributed by atoms with van der Waals surface area (Å²) in [7, 11) is 1.65. The number of anilines is 1. The van der Waals surface area contributed by atoms with E-state index in [1.54, 1.807) is 7.05 Å². The van der Waals surface area contributed by atoms with Crippen LogP contribution in [0, 0.1) is 0 Å². The number of piperidine rings is 1. The zero-order chi connectivity index (χ0) is 19.8. The van der Waals surface area contributed by atoms with E-state index in [2.05, 4.69) is 15.5 Å². The quantitative estimate of drug-likeness (QED) is 0.803. The van der Waals surface area contributed by atoms with Crippen LogP contribution in [0.4, 0.5) is 10.5 Å². The van der Waals surface area contributed by atoms with E-state index in [9.17, 15) is 9.59 Å². The normalized spacial score (nSPS) is 15.0. The molecule has 0 unspecified atom stereocenters. The van der Waals surface area contributed by atoms with Gasteiger partial charge in [-0.1, -0.05) is 48.5 Å². The monoisotopic (exact) mass is 381 g/mol. The van der Waals surface area contributed by atoms with Crippen LogP contribution in [0.1, 0.15) is 19.3 Å². The van der Waals surface area contributed by atoms with Crippen molar-refractivity contribution in [2.75, 3.05) is 32.0 Å². The summed E-state index contributed by atoms with van der Waals surface area (Å²) in [6, 6.07) is 17.7. The van der Waals surface area contributed by atoms with E-state index in [0.29, 0.717) is 6.42 Å². The summed E-state index contributed by atoms with van der Waals surface area (Å²) in [5.74, 6) is 0.0508. The number of para-hydroxylation sites is 1. The van der Waals surface area contributed by atoms with E-state index in [1.807, 2.05) is 54.6 Å². The van der Waals surface area contributed by atoms with Crippen molar-refractivity contribution >= 4 is 17.7 Å². The van der Waals surface area contributed by atoms with Crippen molar-refractivity contribution in [2.45, 2.75) is 25.4 Å². The average Bonchev–Trinajstić information content (AvgIpc) is 2.74. The Morgan fingerprint density at radius 1 is 1.04 bits per heavy atom. The lowest BCUT2D eigenvalue weighted by Gasteiger charge is -2.31. The van der Waals surface area contributed by atoms with Crippen LogP contribution in [-0.2, 0) is 9.53 Å². The number of benzene rings is 2. The number of ether oxygens (including phenoxy) is 1. The lowest BCUT2D eigenvalue weighted by atomic mass is 10.0. The van der Waals surface area contributed by atoms with Crippen LogP contribution in [0.5, 0.6) is 0 Å². The number of carbonyl (C=O) groups excluding carboxylic acids is 2. The number of amides is 2. The first kappa shape index (κ1) is 19.9. The SMILES string of the molecule is CNC(=O)CCN1CCC(OC(=O)Nc2ccccc2-c2ccccc2)CC1. The fraction of sp³-hybridized carbons (Fsp3) is 0.364. The first-order valence-electron chi connectivity index (χ1n) is 9.70. The summed E-state index contributed by atoms with van der Waals surface area (Å²) >= 11 is 0. The Morgan fingerprint density at radius 3 is 2.43 bits per heavy atom. The molecular weight excluding hydrogens is 354 g/mol. The van der Waals surface area contributed by atoms with Crippen molar-refractivity contribution < 1.29 is 14.3 Å². The molecule has 0 aliphatic carbocycles. The van der Waals surface area contributed by atoms with Gasteiger partial charge in [0.25, 0.3) is 0 Å². The maximum atomic E-state index is 12.4. The highest BCUT2D eigenvalue weighted by Gasteiger charge is 2.23. The highest BCUT2D eigenvalue weighted by molar-refractivity contribution is 5.91. The molecule has 1 heterocycles. The van der Waals surface area contributed by atoms with E-state index >= 15 is 0 Å². The Bertz CT molecular complexity index is 787. The predicted octanol–water partition coefficient (Wildman–Crippen LogP) is 3.50. The Morgan fingerprint density at radius 2 is 1.71 bits per heavy atom. The van der Waals surface area contributed by atoms with Crippen molar-refractivity contribution in [3.8, 4) is 11.1 Å². The topological polar surface area (TPSA) is 70.7 Å². The third-order valence-corrected chi connectivity index (χ3v) is 4.99. The van der Waals surface area contributed by atoms with Crippen molar-refractivity contribution in [2.24, 2.45) is 0 Å². The highest BCUT2D eigenvalue weighted by Crippen LogP contribution is 2.28. The fourth-order valence-corrected chi connectivity index (χ4v) is 3.39. The summed E-state index contributed by atoms with van der Waals surface area (Å²) in [6.45, 7) is 2.40. The molecule has 2 aromatic rings. The lowest BCUT2D eigenvalue weighted by Crippen LogP contribution is -2.40. The maximum absolute atomic E-state index is 12.4. The van der Waals surface area contributed by atoms with Crippen molar-refractivity contribution in [1.82, 2.24) is 10.2 Å². The van der Waals surface area contributed by atoms with Gasteiger partial charge in [0.1, 0.15) is 6.10 Å². The number of hydrogen-bond donors (Lipinski definition) is 2. The molecule has 3 rings (SSSR count). The molecule has 6 heteroatoms. The third kappa shape index (κ3) is 5.57. The van der Waals surface area contributed by atoms with E-state index in [1.165, 1.54) is 0 Å². The number of nitrogens with zero attached hydrogens (tertiary/aromatic N) is 1. The molecule has 0 spiro atoms. The first-order valence-corrected chi connectivity index (χ1v) is 9.70. The zero-order valence-electron chi connectivity index (χ0n) is 16.2. The van der Waals surface area contributed by atoms with Crippen molar-refractivity contribution in [1.29, 1.82) is 0 Å². The number of rotatable bonds is 6. The van der Waals surface area contributed by atoms with E-state index in [0.717, 1.165) is 49.3 Å². The van der Waals surface area contributed by atoms with Gasteiger partial charge in [-0.25, -0.2) is 4.79 Å². The van der Waals surface area contributed by atoms with Gasteiger partial charge < -0.3 is 15.0 Å². The zero-order valence-corrected chi connectivity index (χ0v) is 16.2. The second-order valence-electron chi connectivity index (χ2n) is 6.91. The number of hydrogen-bond acceptors (Lipinski definition) is 4. The third-order valence-electron chi connectivity index (χ3n) is 4.99. The van der Waals surface area contributed by atoms with Gasteiger partial charge in [-0.2, -0.15) is 0 Å². The smallest absolute Gasteiger partial charge is 0.411 e. The Hall–Kier alpha value is -2.86. The van der Waals surface area contributed by atoms with E-state index in [4.69, 9.17) is 4.74 Å². The second-order valence-corrected chi connectivity index (χ2v) is 6.91. The van der Waals surface area contributed by atoms with Gasteiger partial charge in [0, 0.05) is 38.7 Å². The van der Waals surface area contributed by atoms with Gasteiger partial charge in [0.05, 0.1) is 5.69 Å². The van der Waals surface area contributed by atoms with Crippen LogP contribution in [0.25, 0.3) is 11.1 Å². The molecule has 1 aliphatic heterocycles. The van der Waals surface area contributed by atoms with Crippen LogP contribution < -0.4 is 10.6 Å². The van der Waals surface area contributed by atoms with Gasteiger partial charge >= 0.3 is 6.09 Å². The molecule has 2 aromatic carbocycles. The fourth-order valence-electron chi connectivity index (χ4n) is 3.39. The summed E-state index contributed by atoms with van der Waals surface area (Å²) in [5.41, 5.74) is 2.74. The Labute approximate surface area is 165 Å². The minimum absolute atomic E-state index is 0.0508. The van der Waals surface area contributed by atoms with Gasteiger partial charge in [-0.15, -0.1) is 0 Å². The summed E-state index contributed by atoms with van der Waals surface area (Å²) in [6.07, 6.45) is 1.54. The average molecular weight is 381 g/mol. The van der Waals surface area contributed by atoms with Gasteiger partial charge in [0.15, 0.2) is 0 Å². The van der Waals surface area contributed by atoms with Crippen molar-refractivity contribution in [3.05, 3.63) is 54.6 Å². The molecule has 0 atom stereocenters. The van der Waals surface area contributed by atoms with Gasteiger partial charge in [0.2, 0.25) is 5.91 Å². The van der Waals surface area contributed by atoms with E-state index in [-0.39, 0.29) is 12.0 Å². The molecule has 0 aromatic heterocycles. The molecule has 148 valence electrons. The molecule has 0 saturated carbocycles. The largest absolute Gasteiger partial charge is 0.446 e. The second kappa shape index (κ2) is 9.90. The first-order chi connectivity index (χ1) is 13.7. The van der Waals surface area contributed by atoms with Gasteiger partial charge in [-0.3, -0.25) is 10.1 Å². The number of likely N-dealkylation sites (tertiary alicyclic amines) is 1. The summed E-state index contributed by atoms with van der Waals surface area (Å²) in [5, 5.41) is 5.52. The predicted molar refractivity (Wildman–Crippen MR) is 110 cm³/mol.